The maximum absolute atomic E-state index is 10.1. The van der Waals surface area contributed by atoms with Crippen molar-refractivity contribution in [1.29, 1.82) is 0 Å². The molecule has 0 amide bonds. The first kappa shape index (κ1) is 9.17. The number of hydrogen-bond acceptors (Lipinski definition) is 2. The first-order valence-corrected chi connectivity index (χ1v) is 6.28. The summed E-state index contributed by atoms with van der Waals surface area (Å²) >= 11 is 0. The molecule has 1 saturated heterocycles. The standard InChI is InChI=1S/C12H21NO/c14-12-9-3-5-10(12)11(6-4-9)13-7-1-2-8-13/h9-12,14H,1-8H2. The van der Waals surface area contributed by atoms with Gasteiger partial charge < -0.3 is 10.0 Å². The zero-order valence-corrected chi connectivity index (χ0v) is 8.86. The van der Waals surface area contributed by atoms with E-state index >= 15 is 0 Å². The predicted octanol–water partition coefficient (Wildman–Crippen LogP) is 1.63. The molecule has 2 heteroatoms. The Hall–Kier alpha value is -0.0800. The minimum absolute atomic E-state index is 0.0364. The fraction of sp³-hybridized carbons (Fsp3) is 1.00. The third-order valence-corrected chi connectivity index (χ3v) is 4.73. The number of fused-ring (bicyclic) bond motifs is 2. The molecule has 0 radical (unpaired) electrons. The van der Waals surface area contributed by atoms with Gasteiger partial charge >= 0.3 is 0 Å². The highest BCUT2D eigenvalue weighted by Gasteiger charge is 2.45. The lowest BCUT2D eigenvalue weighted by Gasteiger charge is -2.39. The molecule has 1 aliphatic heterocycles. The van der Waals surface area contributed by atoms with Crippen LogP contribution in [0.4, 0.5) is 0 Å². The monoisotopic (exact) mass is 195 g/mol. The van der Waals surface area contributed by atoms with Crippen LogP contribution in [0.5, 0.6) is 0 Å². The Bertz CT molecular complexity index is 212. The van der Waals surface area contributed by atoms with Crippen molar-refractivity contribution in [3.05, 3.63) is 0 Å². The largest absolute Gasteiger partial charge is 0.392 e. The fourth-order valence-corrected chi connectivity index (χ4v) is 3.96. The molecular weight excluding hydrogens is 174 g/mol. The van der Waals surface area contributed by atoms with Gasteiger partial charge in [0, 0.05) is 12.0 Å². The van der Waals surface area contributed by atoms with Gasteiger partial charge in [0.1, 0.15) is 0 Å². The Morgan fingerprint density at radius 2 is 1.64 bits per heavy atom. The lowest BCUT2D eigenvalue weighted by molar-refractivity contribution is 0.00634. The molecule has 2 bridgehead atoms. The lowest BCUT2D eigenvalue weighted by Crippen LogP contribution is -2.45. The zero-order valence-electron chi connectivity index (χ0n) is 8.86. The molecule has 14 heavy (non-hydrogen) atoms. The average Bonchev–Trinajstić information content (AvgIpc) is 2.76. The smallest absolute Gasteiger partial charge is 0.0611 e. The van der Waals surface area contributed by atoms with E-state index < -0.39 is 0 Å². The quantitative estimate of drug-likeness (QED) is 0.687. The third kappa shape index (κ3) is 1.31. The van der Waals surface area contributed by atoms with E-state index in [1.807, 2.05) is 0 Å². The van der Waals surface area contributed by atoms with E-state index in [9.17, 15) is 5.11 Å². The minimum Gasteiger partial charge on any atom is -0.392 e. The molecule has 4 unspecified atom stereocenters. The van der Waals surface area contributed by atoms with Crippen LogP contribution >= 0.6 is 0 Å². The second-order valence-electron chi connectivity index (χ2n) is 5.38. The summed E-state index contributed by atoms with van der Waals surface area (Å²) in [6.07, 6.45) is 7.99. The van der Waals surface area contributed by atoms with Crippen molar-refractivity contribution in [2.24, 2.45) is 11.8 Å². The number of aliphatic hydroxyl groups is 1. The van der Waals surface area contributed by atoms with Gasteiger partial charge in [0.25, 0.3) is 0 Å². The van der Waals surface area contributed by atoms with Crippen LogP contribution in [0.1, 0.15) is 38.5 Å². The van der Waals surface area contributed by atoms with Crippen LogP contribution in [0.25, 0.3) is 0 Å². The Kier molecular flexibility index (Phi) is 2.29. The Morgan fingerprint density at radius 1 is 0.929 bits per heavy atom. The van der Waals surface area contributed by atoms with E-state index in [2.05, 4.69) is 4.90 Å². The van der Waals surface area contributed by atoms with Gasteiger partial charge in [0.2, 0.25) is 0 Å². The lowest BCUT2D eigenvalue weighted by atomic mass is 9.81. The molecule has 3 rings (SSSR count). The van der Waals surface area contributed by atoms with E-state index in [4.69, 9.17) is 0 Å². The highest BCUT2D eigenvalue weighted by Crippen LogP contribution is 2.44. The molecule has 0 aromatic heterocycles. The second-order valence-corrected chi connectivity index (χ2v) is 5.38. The normalized spacial score (nSPS) is 48.6. The summed E-state index contributed by atoms with van der Waals surface area (Å²) in [5.41, 5.74) is 0. The van der Waals surface area contributed by atoms with E-state index in [0.29, 0.717) is 11.8 Å². The van der Waals surface area contributed by atoms with Crippen molar-refractivity contribution in [2.45, 2.75) is 50.7 Å². The summed E-state index contributed by atoms with van der Waals surface area (Å²) in [5.74, 6) is 1.27. The predicted molar refractivity (Wildman–Crippen MR) is 56.0 cm³/mol. The van der Waals surface area contributed by atoms with Gasteiger partial charge in [-0.25, -0.2) is 0 Å². The van der Waals surface area contributed by atoms with Gasteiger partial charge in [-0.15, -0.1) is 0 Å². The van der Waals surface area contributed by atoms with Crippen molar-refractivity contribution in [3.8, 4) is 0 Å². The first-order chi connectivity index (χ1) is 6.86. The summed E-state index contributed by atoms with van der Waals surface area (Å²) in [5, 5.41) is 10.1. The van der Waals surface area contributed by atoms with Gasteiger partial charge in [-0.2, -0.15) is 0 Å². The maximum atomic E-state index is 10.1. The van der Waals surface area contributed by atoms with Crippen LogP contribution in [0.3, 0.4) is 0 Å². The molecule has 1 heterocycles. The van der Waals surface area contributed by atoms with Crippen molar-refractivity contribution in [3.63, 3.8) is 0 Å². The SMILES string of the molecule is OC1C2CCC1C(N1CCCC1)CC2. The molecule has 2 aliphatic carbocycles. The molecule has 0 aromatic carbocycles. The summed E-state index contributed by atoms with van der Waals surface area (Å²) in [6, 6.07) is 0.728. The molecule has 2 saturated carbocycles. The van der Waals surface area contributed by atoms with Crippen molar-refractivity contribution >= 4 is 0 Å². The van der Waals surface area contributed by atoms with Gasteiger partial charge in [-0.3, -0.25) is 0 Å². The van der Waals surface area contributed by atoms with Gasteiger partial charge in [-0.1, -0.05) is 0 Å². The summed E-state index contributed by atoms with van der Waals surface area (Å²) < 4.78 is 0. The van der Waals surface area contributed by atoms with Crippen molar-refractivity contribution in [1.82, 2.24) is 4.90 Å². The number of nitrogens with zero attached hydrogens (tertiary/aromatic N) is 1. The molecule has 80 valence electrons. The first-order valence-electron chi connectivity index (χ1n) is 6.28. The molecular formula is C12H21NO. The zero-order chi connectivity index (χ0) is 9.54. The molecule has 4 atom stereocenters. The molecule has 2 nitrogen and oxygen atoms in total. The summed E-state index contributed by atoms with van der Waals surface area (Å²) in [7, 11) is 0. The van der Waals surface area contributed by atoms with Crippen molar-refractivity contribution < 1.29 is 5.11 Å². The number of hydrogen-bond donors (Lipinski definition) is 1. The molecule has 3 aliphatic rings. The fourth-order valence-electron chi connectivity index (χ4n) is 3.96. The molecule has 1 N–H and O–H groups in total. The van der Waals surface area contributed by atoms with Crippen LogP contribution in [0.2, 0.25) is 0 Å². The second kappa shape index (κ2) is 3.49. The van der Waals surface area contributed by atoms with Crippen LogP contribution in [0.15, 0.2) is 0 Å². The van der Waals surface area contributed by atoms with Crippen LogP contribution < -0.4 is 0 Å². The van der Waals surface area contributed by atoms with E-state index in [-0.39, 0.29) is 6.10 Å². The topological polar surface area (TPSA) is 23.5 Å². The number of rotatable bonds is 1. The maximum Gasteiger partial charge on any atom is 0.0611 e. The number of likely N-dealkylation sites (tertiary alicyclic amines) is 1. The van der Waals surface area contributed by atoms with Crippen LogP contribution in [-0.4, -0.2) is 35.2 Å². The van der Waals surface area contributed by atoms with Crippen LogP contribution in [-0.2, 0) is 0 Å². The van der Waals surface area contributed by atoms with Gasteiger partial charge in [0.05, 0.1) is 6.10 Å². The highest BCUT2D eigenvalue weighted by atomic mass is 16.3. The Labute approximate surface area is 86.3 Å². The van der Waals surface area contributed by atoms with E-state index in [1.165, 1.54) is 51.6 Å². The number of aliphatic hydroxyl groups excluding tert-OH is 1. The van der Waals surface area contributed by atoms with E-state index in [0.717, 1.165) is 6.04 Å². The average molecular weight is 195 g/mol. The van der Waals surface area contributed by atoms with E-state index in [1.54, 1.807) is 0 Å². The molecule has 0 spiro atoms. The highest BCUT2D eigenvalue weighted by molar-refractivity contribution is 4.98. The van der Waals surface area contributed by atoms with Gasteiger partial charge in [0.15, 0.2) is 0 Å². The third-order valence-electron chi connectivity index (χ3n) is 4.73. The Morgan fingerprint density at radius 3 is 2.43 bits per heavy atom. The van der Waals surface area contributed by atoms with Crippen LogP contribution in [0, 0.1) is 11.8 Å². The molecule has 3 fully saturated rings. The van der Waals surface area contributed by atoms with Crippen molar-refractivity contribution in [2.75, 3.05) is 13.1 Å². The summed E-state index contributed by atoms with van der Waals surface area (Å²) in [4.78, 5) is 2.65. The molecule has 0 aromatic rings. The minimum atomic E-state index is 0.0364. The van der Waals surface area contributed by atoms with Gasteiger partial charge in [-0.05, 0) is 57.5 Å². The Balaban J connectivity index is 1.73. The summed E-state index contributed by atoms with van der Waals surface area (Å²) in [6.45, 7) is 2.58.